The van der Waals surface area contributed by atoms with Crippen LogP contribution in [0.3, 0.4) is 0 Å². The highest BCUT2D eigenvalue weighted by atomic mass is 19.3. The average molecular weight is 247 g/mol. The Morgan fingerprint density at radius 3 is 2.50 bits per heavy atom. The molecule has 94 valence electrons. The second-order valence-corrected chi connectivity index (χ2v) is 4.24. The Morgan fingerprint density at radius 1 is 1.06 bits per heavy atom. The van der Waals surface area contributed by atoms with Gasteiger partial charge in [-0.05, 0) is 41.3 Å². The van der Waals surface area contributed by atoms with E-state index in [4.69, 9.17) is 5.73 Å². The van der Waals surface area contributed by atoms with Crippen molar-refractivity contribution in [1.29, 1.82) is 0 Å². The van der Waals surface area contributed by atoms with E-state index in [1.165, 1.54) is 17.7 Å². The van der Waals surface area contributed by atoms with Crippen molar-refractivity contribution in [2.75, 3.05) is 5.73 Å². The van der Waals surface area contributed by atoms with Crippen LogP contribution in [0.4, 0.5) is 14.5 Å². The average Bonchev–Trinajstić information content (AvgIpc) is 2.38. The number of halogens is 2. The van der Waals surface area contributed by atoms with Gasteiger partial charge in [0.25, 0.3) is 6.43 Å². The molecule has 0 aliphatic heterocycles. The van der Waals surface area contributed by atoms with Gasteiger partial charge in [0.05, 0.1) is 0 Å². The molecular formula is C15H15F2N. The van der Waals surface area contributed by atoms with Crippen LogP contribution in [-0.4, -0.2) is 0 Å². The van der Waals surface area contributed by atoms with Crippen LogP contribution in [0.1, 0.15) is 24.5 Å². The van der Waals surface area contributed by atoms with Crippen molar-refractivity contribution in [1.82, 2.24) is 0 Å². The second-order valence-electron chi connectivity index (χ2n) is 4.24. The van der Waals surface area contributed by atoms with Gasteiger partial charge in [-0.1, -0.05) is 31.2 Å². The molecular weight excluding hydrogens is 232 g/mol. The van der Waals surface area contributed by atoms with Crippen LogP contribution in [-0.2, 0) is 6.42 Å². The van der Waals surface area contributed by atoms with Gasteiger partial charge in [-0.3, -0.25) is 0 Å². The number of rotatable bonds is 3. The molecule has 2 N–H and O–H groups in total. The van der Waals surface area contributed by atoms with Gasteiger partial charge < -0.3 is 5.73 Å². The molecule has 0 unspecified atom stereocenters. The van der Waals surface area contributed by atoms with Crippen LogP contribution < -0.4 is 5.73 Å². The van der Waals surface area contributed by atoms with E-state index >= 15 is 0 Å². The summed E-state index contributed by atoms with van der Waals surface area (Å²) in [6, 6.07) is 12.4. The van der Waals surface area contributed by atoms with Crippen molar-refractivity contribution in [2.24, 2.45) is 0 Å². The summed E-state index contributed by atoms with van der Waals surface area (Å²) in [6.45, 7) is 2.06. The molecule has 0 saturated heterocycles. The van der Waals surface area contributed by atoms with Crippen molar-refractivity contribution < 1.29 is 8.78 Å². The molecule has 0 radical (unpaired) electrons. The second kappa shape index (κ2) is 5.17. The van der Waals surface area contributed by atoms with Crippen molar-refractivity contribution in [3.05, 3.63) is 53.6 Å². The number of hydrogen-bond donors (Lipinski definition) is 1. The third-order valence-corrected chi connectivity index (χ3v) is 2.90. The normalized spacial score (nSPS) is 10.9. The van der Waals surface area contributed by atoms with Gasteiger partial charge >= 0.3 is 0 Å². The van der Waals surface area contributed by atoms with Gasteiger partial charge in [-0.2, -0.15) is 0 Å². The van der Waals surface area contributed by atoms with E-state index < -0.39 is 6.43 Å². The highest BCUT2D eigenvalue weighted by molar-refractivity contribution is 5.69. The molecule has 2 aromatic carbocycles. The topological polar surface area (TPSA) is 26.0 Å². The van der Waals surface area contributed by atoms with E-state index in [1.54, 1.807) is 6.07 Å². The number of aryl methyl sites for hydroxylation is 1. The SMILES string of the molecule is CCc1cccc(-c2cc(N)cc(C(F)F)c2)c1. The van der Waals surface area contributed by atoms with Crippen molar-refractivity contribution >= 4 is 5.69 Å². The number of anilines is 1. The van der Waals surface area contributed by atoms with Gasteiger partial charge in [0.2, 0.25) is 0 Å². The molecule has 0 amide bonds. The Balaban J connectivity index is 2.49. The predicted octanol–water partition coefficient (Wildman–Crippen LogP) is 4.44. The summed E-state index contributed by atoms with van der Waals surface area (Å²) in [5, 5.41) is 0. The zero-order valence-corrected chi connectivity index (χ0v) is 10.2. The first kappa shape index (κ1) is 12.6. The van der Waals surface area contributed by atoms with Crippen molar-refractivity contribution in [3.8, 4) is 11.1 Å². The molecule has 0 heterocycles. The Labute approximate surface area is 105 Å². The fraction of sp³-hybridized carbons (Fsp3) is 0.200. The minimum atomic E-state index is -2.50. The van der Waals surface area contributed by atoms with Crippen LogP contribution in [0.15, 0.2) is 42.5 Å². The van der Waals surface area contributed by atoms with Crippen molar-refractivity contribution in [2.45, 2.75) is 19.8 Å². The molecule has 0 aromatic heterocycles. The summed E-state index contributed by atoms with van der Waals surface area (Å²) < 4.78 is 25.5. The first-order chi connectivity index (χ1) is 8.60. The lowest BCUT2D eigenvalue weighted by Gasteiger charge is -2.08. The maximum absolute atomic E-state index is 12.7. The molecule has 0 fully saturated rings. The highest BCUT2D eigenvalue weighted by Gasteiger charge is 2.10. The summed E-state index contributed by atoms with van der Waals surface area (Å²) in [7, 11) is 0. The fourth-order valence-electron chi connectivity index (χ4n) is 1.94. The summed E-state index contributed by atoms with van der Waals surface area (Å²) in [4.78, 5) is 0. The van der Waals surface area contributed by atoms with Crippen LogP contribution >= 0.6 is 0 Å². The molecule has 0 bridgehead atoms. The molecule has 0 aliphatic rings. The maximum Gasteiger partial charge on any atom is 0.263 e. The van der Waals surface area contributed by atoms with Gasteiger partial charge in [-0.25, -0.2) is 8.78 Å². The van der Waals surface area contributed by atoms with Crippen LogP contribution in [0.5, 0.6) is 0 Å². The Bertz CT molecular complexity index is 550. The third kappa shape index (κ3) is 2.67. The van der Waals surface area contributed by atoms with E-state index in [0.29, 0.717) is 5.69 Å². The van der Waals surface area contributed by atoms with Gasteiger partial charge in [0.1, 0.15) is 0 Å². The van der Waals surface area contributed by atoms with Gasteiger partial charge in [0, 0.05) is 11.3 Å². The predicted molar refractivity (Wildman–Crippen MR) is 70.6 cm³/mol. The minimum Gasteiger partial charge on any atom is -0.399 e. The smallest absolute Gasteiger partial charge is 0.263 e. The molecule has 0 saturated carbocycles. The van der Waals surface area contributed by atoms with E-state index in [9.17, 15) is 8.78 Å². The lowest BCUT2D eigenvalue weighted by atomic mass is 9.99. The highest BCUT2D eigenvalue weighted by Crippen LogP contribution is 2.29. The molecule has 0 aliphatic carbocycles. The molecule has 2 rings (SSSR count). The zero-order chi connectivity index (χ0) is 13.1. The summed E-state index contributed by atoms with van der Waals surface area (Å²) in [5.74, 6) is 0. The van der Waals surface area contributed by atoms with Gasteiger partial charge in [-0.15, -0.1) is 0 Å². The number of nitrogens with two attached hydrogens (primary N) is 1. The standard InChI is InChI=1S/C15H15F2N/c1-2-10-4-3-5-11(6-10)12-7-13(15(16)17)9-14(18)8-12/h3-9,15H,2,18H2,1H3. The number of nitrogen functional groups attached to an aromatic ring is 1. The molecule has 18 heavy (non-hydrogen) atoms. The maximum atomic E-state index is 12.7. The largest absolute Gasteiger partial charge is 0.399 e. The van der Waals surface area contributed by atoms with Crippen LogP contribution in [0, 0.1) is 0 Å². The fourth-order valence-corrected chi connectivity index (χ4v) is 1.94. The summed E-state index contributed by atoms with van der Waals surface area (Å²) >= 11 is 0. The van der Waals surface area contributed by atoms with Crippen LogP contribution in [0.2, 0.25) is 0 Å². The number of alkyl halides is 2. The number of hydrogen-bond acceptors (Lipinski definition) is 1. The Morgan fingerprint density at radius 2 is 1.83 bits per heavy atom. The summed E-state index contributed by atoms with van der Waals surface area (Å²) in [6.07, 6.45) is -1.58. The first-order valence-corrected chi connectivity index (χ1v) is 5.88. The van der Waals surface area contributed by atoms with Crippen molar-refractivity contribution in [3.63, 3.8) is 0 Å². The quantitative estimate of drug-likeness (QED) is 0.797. The first-order valence-electron chi connectivity index (χ1n) is 5.88. The van der Waals surface area contributed by atoms with Gasteiger partial charge in [0.15, 0.2) is 0 Å². The monoisotopic (exact) mass is 247 g/mol. The van der Waals surface area contributed by atoms with Crippen LogP contribution in [0.25, 0.3) is 11.1 Å². The Kier molecular flexibility index (Phi) is 3.60. The lowest BCUT2D eigenvalue weighted by Crippen LogP contribution is -1.92. The molecule has 0 atom stereocenters. The lowest BCUT2D eigenvalue weighted by molar-refractivity contribution is 0.151. The molecule has 3 heteroatoms. The molecule has 2 aromatic rings. The third-order valence-electron chi connectivity index (χ3n) is 2.90. The summed E-state index contributed by atoms with van der Waals surface area (Å²) in [5.41, 5.74) is 8.83. The zero-order valence-electron chi connectivity index (χ0n) is 10.2. The number of benzene rings is 2. The molecule has 1 nitrogen and oxygen atoms in total. The van der Waals surface area contributed by atoms with E-state index in [0.717, 1.165) is 17.5 Å². The van der Waals surface area contributed by atoms with E-state index in [-0.39, 0.29) is 5.56 Å². The molecule has 0 spiro atoms. The van der Waals surface area contributed by atoms with E-state index in [2.05, 4.69) is 6.92 Å². The minimum absolute atomic E-state index is 0.0353. The Hall–Kier alpha value is -1.90. The van der Waals surface area contributed by atoms with E-state index in [1.807, 2.05) is 24.3 Å².